The van der Waals surface area contributed by atoms with Crippen molar-refractivity contribution < 1.29 is 0 Å². The van der Waals surface area contributed by atoms with Crippen molar-refractivity contribution in [3.05, 3.63) is 20.8 Å². The number of rotatable bonds is 4. The number of nitrogens with one attached hydrogen (secondary N) is 1. The van der Waals surface area contributed by atoms with Crippen LogP contribution in [0.3, 0.4) is 0 Å². The molecule has 1 aromatic rings. The minimum atomic E-state index is 0.163. The lowest BCUT2D eigenvalue weighted by Gasteiger charge is -2.33. The number of nitrogens with two attached hydrogens (primary N) is 1. The first-order chi connectivity index (χ1) is 8.16. The average Bonchev–Trinajstić information content (AvgIpc) is 2.77. The van der Waals surface area contributed by atoms with Crippen LogP contribution < -0.4 is 11.1 Å². The lowest BCUT2D eigenvalue weighted by Crippen LogP contribution is -2.48. The molecule has 0 saturated carbocycles. The molecule has 96 valence electrons. The van der Waals surface area contributed by atoms with Crippen molar-refractivity contribution in [2.24, 2.45) is 5.73 Å². The van der Waals surface area contributed by atoms with E-state index in [1.165, 1.54) is 4.88 Å². The second-order valence-corrected chi connectivity index (χ2v) is 6.50. The molecule has 0 amide bonds. The Morgan fingerprint density at radius 1 is 1.53 bits per heavy atom. The molecule has 2 unspecified atom stereocenters. The van der Waals surface area contributed by atoms with Crippen LogP contribution in [0.25, 0.3) is 0 Å². The van der Waals surface area contributed by atoms with Gasteiger partial charge in [0.05, 0.1) is 0 Å². The number of piperazine rings is 1. The maximum atomic E-state index is 6.26. The maximum Gasteiger partial charge on any atom is 0.0405 e. The minimum Gasteiger partial charge on any atom is -0.323 e. The quantitative estimate of drug-likeness (QED) is 0.894. The third kappa shape index (κ3) is 3.76. The van der Waals surface area contributed by atoms with Crippen molar-refractivity contribution in [1.29, 1.82) is 0 Å². The highest BCUT2D eigenvalue weighted by Gasteiger charge is 2.20. The normalized spacial score (nSPS) is 21.4. The first-order valence-corrected chi connectivity index (χ1v) is 7.78. The molecule has 2 heterocycles. The molecular weight excluding hydrogens is 298 g/mol. The van der Waals surface area contributed by atoms with Crippen LogP contribution in [0.15, 0.2) is 15.9 Å². The maximum absolute atomic E-state index is 6.26. The van der Waals surface area contributed by atoms with Gasteiger partial charge in [0.25, 0.3) is 0 Å². The Balaban J connectivity index is 1.87. The topological polar surface area (TPSA) is 41.3 Å². The zero-order valence-corrected chi connectivity index (χ0v) is 12.6. The van der Waals surface area contributed by atoms with Crippen molar-refractivity contribution in [3.8, 4) is 0 Å². The van der Waals surface area contributed by atoms with Gasteiger partial charge in [-0.25, -0.2) is 0 Å². The van der Waals surface area contributed by atoms with Gasteiger partial charge in [-0.15, -0.1) is 11.3 Å². The predicted octanol–water partition coefficient (Wildman–Crippen LogP) is 2.19. The van der Waals surface area contributed by atoms with Gasteiger partial charge < -0.3 is 11.1 Å². The van der Waals surface area contributed by atoms with Gasteiger partial charge in [0.1, 0.15) is 0 Å². The van der Waals surface area contributed by atoms with Crippen LogP contribution in [0, 0.1) is 0 Å². The smallest absolute Gasteiger partial charge is 0.0405 e. The Hall–Kier alpha value is 0.0600. The number of thiophene rings is 1. The fraction of sp³-hybridized carbons (Fsp3) is 0.667. The number of hydrogen-bond acceptors (Lipinski definition) is 4. The summed E-state index contributed by atoms with van der Waals surface area (Å²) < 4.78 is 1.14. The first-order valence-electron chi connectivity index (χ1n) is 6.11. The molecule has 1 aliphatic heterocycles. The molecule has 1 fully saturated rings. The monoisotopic (exact) mass is 317 g/mol. The lowest BCUT2D eigenvalue weighted by atomic mass is 10.1. The van der Waals surface area contributed by atoms with E-state index in [4.69, 9.17) is 5.73 Å². The Morgan fingerprint density at radius 3 is 2.82 bits per heavy atom. The van der Waals surface area contributed by atoms with Gasteiger partial charge >= 0.3 is 0 Å². The van der Waals surface area contributed by atoms with E-state index in [1.54, 1.807) is 11.3 Å². The minimum absolute atomic E-state index is 0.163. The zero-order chi connectivity index (χ0) is 12.3. The van der Waals surface area contributed by atoms with Crippen molar-refractivity contribution >= 4 is 27.3 Å². The molecule has 3 nitrogen and oxygen atoms in total. The van der Waals surface area contributed by atoms with Gasteiger partial charge in [0.15, 0.2) is 0 Å². The summed E-state index contributed by atoms with van der Waals surface area (Å²) in [5, 5.41) is 5.48. The third-order valence-electron chi connectivity index (χ3n) is 3.32. The molecule has 2 atom stereocenters. The van der Waals surface area contributed by atoms with E-state index in [0.29, 0.717) is 6.04 Å². The standard InChI is InChI=1S/C12H20BrN3S/c1-9(16-4-2-15-3-5-16)6-11(14)12-7-10(13)8-17-12/h7-9,11,15H,2-6,14H2,1H3. The van der Waals surface area contributed by atoms with E-state index in [1.807, 2.05) is 0 Å². The van der Waals surface area contributed by atoms with Gasteiger partial charge in [-0.2, -0.15) is 0 Å². The van der Waals surface area contributed by atoms with Crippen molar-refractivity contribution in [2.45, 2.75) is 25.4 Å². The molecule has 2 rings (SSSR count). The lowest BCUT2D eigenvalue weighted by molar-refractivity contribution is 0.170. The Morgan fingerprint density at radius 2 is 2.24 bits per heavy atom. The molecule has 5 heteroatoms. The molecule has 1 aromatic heterocycles. The molecular formula is C12H20BrN3S. The Labute approximate surface area is 116 Å². The highest BCUT2D eigenvalue weighted by molar-refractivity contribution is 9.10. The zero-order valence-electron chi connectivity index (χ0n) is 10.2. The van der Waals surface area contributed by atoms with Gasteiger partial charge in [-0.3, -0.25) is 4.90 Å². The van der Waals surface area contributed by atoms with E-state index >= 15 is 0 Å². The number of halogens is 1. The van der Waals surface area contributed by atoms with E-state index in [9.17, 15) is 0 Å². The largest absolute Gasteiger partial charge is 0.323 e. The molecule has 17 heavy (non-hydrogen) atoms. The van der Waals surface area contributed by atoms with E-state index in [-0.39, 0.29) is 6.04 Å². The first kappa shape index (κ1) is 13.5. The van der Waals surface area contributed by atoms with Crippen LogP contribution in [-0.4, -0.2) is 37.1 Å². The van der Waals surface area contributed by atoms with Gasteiger partial charge in [-0.1, -0.05) is 0 Å². The summed E-state index contributed by atoms with van der Waals surface area (Å²) in [6.45, 7) is 6.77. The summed E-state index contributed by atoms with van der Waals surface area (Å²) in [5.41, 5.74) is 6.26. The van der Waals surface area contributed by atoms with Crippen molar-refractivity contribution in [3.63, 3.8) is 0 Å². The summed E-state index contributed by atoms with van der Waals surface area (Å²) in [6, 6.07) is 2.86. The van der Waals surface area contributed by atoms with Crippen LogP contribution in [-0.2, 0) is 0 Å². The van der Waals surface area contributed by atoms with Crippen LogP contribution in [0.1, 0.15) is 24.3 Å². The highest BCUT2D eigenvalue weighted by atomic mass is 79.9. The molecule has 0 spiro atoms. The summed E-state index contributed by atoms with van der Waals surface area (Å²) in [5.74, 6) is 0. The predicted molar refractivity (Wildman–Crippen MR) is 77.5 cm³/mol. The molecule has 0 bridgehead atoms. The molecule has 0 aromatic carbocycles. The second kappa shape index (κ2) is 6.29. The van der Waals surface area contributed by atoms with Crippen molar-refractivity contribution in [1.82, 2.24) is 10.2 Å². The van der Waals surface area contributed by atoms with Crippen LogP contribution >= 0.6 is 27.3 Å². The molecule has 1 saturated heterocycles. The fourth-order valence-electron chi connectivity index (χ4n) is 2.28. The van der Waals surface area contributed by atoms with E-state index in [0.717, 1.165) is 37.1 Å². The average molecular weight is 318 g/mol. The van der Waals surface area contributed by atoms with Crippen LogP contribution in [0.4, 0.5) is 0 Å². The molecule has 0 aliphatic carbocycles. The third-order valence-corrected chi connectivity index (χ3v) is 5.15. The Kier molecular flexibility index (Phi) is 4.99. The fourth-order valence-corrected chi connectivity index (χ4v) is 3.74. The molecule has 3 N–H and O–H groups in total. The van der Waals surface area contributed by atoms with Gasteiger partial charge in [0.2, 0.25) is 0 Å². The van der Waals surface area contributed by atoms with E-state index < -0.39 is 0 Å². The Bertz CT molecular complexity index is 349. The van der Waals surface area contributed by atoms with Gasteiger partial charge in [-0.05, 0) is 35.3 Å². The van der Waals surface area contributed by atoms with Crippen LogP contribution in [0.5, 0.6) is 0 Å². The summed E-state index contributed by atoms with van der Waals surface area (Å²) in [7, 11) is 0. The SMILES string of the molecule is CC(CC(N)c1cc(Br)cs1)N1CCNCC1. The van der Waals surface area contributed by atoms with Gasteiger partial charge in [0, 0.05) is 53.0 Å². The number of hydrogen-bond donors (Lipinski definition) is 2. The van der Waals surface area contributed by atoms with E-state index in [2.05, 4.69) is 44.5 Å². The van der Waals surface area contributed by atoms with Crippen molar-refractivity contribution in [2.75, 3.05) is 26.2 Å². The molecule has 0 radical (unpaired) electrons. The highest BCUT2D eigenvalue weighted by Crippen LogP contribution is 2.27. The van der Waals surface area contributed by atoms with Crippen LogP contribution in [0.2, 0.25) is 0 Å². The summed E-state index contributed by atoms with van der Waals surface area (Å²) >= 11 is 5.22. The number of nitrogens with zero attached hydrogens (tertiary/aromatic N) is 1. The summed E-state index contributed by atoms with van der Waals surface area (Å²) in [6.07, 6.45) is 1.03. The molecule has 1 aliphatic rings. The second-order valence-electron chi connectivity index (χ2n) is 4.64. The summed E-state index contributed by atoms with van der Waals surface area (Å²) in [4.78, 5) is 3.80.